The van der Waals surface area contributed by atoms with Gasteiger partial charge in [-0.25, -0.2) is 23.2 Å². The molecule has 1 aliphatic rings. The summed E-state index contributed by atoms with van der Waals surface area (Å²) in [5.41, 5.74) is 3.35. The Labute approximate surface area is 284 Å². The molecule has 4 aromatic carbocycles. The van der Waals surface area contributed by atoms with E-state index in [4.69, 9.17) is 9.47 Å². The average molecular weight is 672 g/mol. The van der Waals surface area contributed by atoms with Crippen LogP contribution in [0.5, 0.6) is 0 Å². The third-order valence-electron chi connectivity index (χ3n) is 7.90. The Morgan fingerprint density at radius 1 is 0.918 bits per heavy atom. The molecule has 1 saturated carbocycles. The van der Waals surface area contributed by atoms with Crippen molar-refractivity contribution in [1.29, 1.82) is 0 Å². The summed E-state index contributed by atoms with van der Waals surface area (Å²) in [6.45, 7) is 3.14. The Bertz CT molecular complexity index is 1730. The Morgan fingerprint density at radius 3 is 2.31 bits per heavy atom. The van der Waals surface area contributed by atoms with Crippen molar-refractivity contribution in [2.45, 2.75) is 58.0 Å². The number of rotatable bonds is 12. The van der Waals surface area contributed by atoms with E-state index in [0.29, 0.717) is 42.9 Å². The Morgan fingerprint density at radius 2 is 1.61 bits per heavy atom. The number of halogens is 2. The molecule has 49 heavy (non-hydrogen) atoms. The number of nitrogens with zero attached hydrogens (tertiary/aromatic N) is 2. The van der Waals surface area contributed by atoms with Gasteiger partial charge in [0.15, 0.2) is 0 Å². The summed E-state index contributed by atoms with van der Waals surface area (Å²) in [7, 11) is 0. The number of hydrogen-bond donors (Lipinski definition) is 2. The van der Waals surface area contributed by atoms with Gasteiger partial charge in [0.1, 0.15) is 11.6 Å². The van der Waals surface area contributed by atoms with Crippen LogP contribution < -0.4 is 5.32 Å². The number of benzene rings is 4. The molecular formula is C38H39F2N3O6. The van der Waals surface area contributed by atoms with E-state index in [0.717, 1.165) is 36.5 Å². The lowest BCUT2D eigenvalue weighted by atomic mass is 9.94. The first kappa shape index (κ1) is 36.6. The SMILES string of the molecule is Cc1cccc(CO[C@H]2CCC[C@@H](OCCN(Cc3ccccc3)C(=O)Nc3cccc(F)c3)C2)c1C(=O)O.O=C=Nc1cccc(F)c1. The zero-order chi connectivity index (χ0) is 35.0. The number of ether oxygens (including phenoxy) is 2. The first-order valence-electron chi connectivity index (χ1n) is 16.0. The summed E-state index contributed by atoms with van der Waals surface area (Å²) < 4.78 is 38.2. The van der Waals surface area contributed by atoms with E-state index in [-0.39, 0.29) is 30.5 Å². The second-order valence-electron chi connectivity index (χ2n) is 11.5. The van der Waals surface area contributed by atoms with E-state index in [2.05, 4.69) is 10.3 Å². The monoisotopic (exact) mass is 671 g/mol. The number of urea groups is 1. The quantitative estimate of drug-likeness (QED) is 0.116. The predicted molar refractivity (Wildman–Crippen MR) is 181 cm³/mol. The lowest BCUT2D eigenvalue weighted by Crippen LogP contribution is -2.38. The molecule has 0 bridgehead atoms. The molecule has 11 heteroatoms. The van der Waals surface area contributed by atoms with Crippen LogP contribution in [0, 0.1) is 18.6 Å². The minimum absolute atomic E-state index is 0.00920. The van der Waals surface area contributed by atoms with Crippen molar-refractivity contribution in [2.75, 3.05) is 18.5 Å². The van der Waals surface area contributed by atoms with E-state index in [1.807, 2.05) is 36.4 Å². The van der Waals surface area contributed by atoms with Crippen LogP contribution in [0.15, 0.2) is 102 Å². The van der Waals surface area contributed by atoms with Gasteiger partial charge in [-0.3, -0.25) is 0 Å². The minimum Gasteiger partial charge on any atom is -0.478 e. The maximum absolute atomic E-state index is 13.6. The van der Waals surface area contributed by atoms with Crippen LogP contribution in [0.2, 0.25) is 0 Å². The maximum atomic E-state index is 13.6. The van der Waals surface area contributed by atoms with Gasteiger partial charge in [0.05, 0.1) is 36.7 Å². The van der Waals surface area contributed by atoms with Gasteiger partial charge in [0.2, 0.25) is 6.08 Å². The molecule has 2 amide bonds. The number of carboxylic acids is 1. The molecular weight excluding hydrogens is 632 g/mol. The molecule has 5 rings (SSSR count). The Balaban J connectivity index is 0.000000463. The summed E-state index contributed by atoms with van der Waals surface area (Å²) in [6.07, 6.45) is 4.74. The lowest BCUT2D eigenvalue weighted by Gasteiger charge is -2.30. The number of carboxylic acid groups (broad SMARTS) is 1. The fourth-order valence-corrected chi connectivity index (χ4v) is 5.52. The molecule has 256 valence electrons. The van der Waals surface area contributed by atoms with Crippen LogP contribution >= 0.6 is 0 Å². The number of aromatic carboxylic acids is 1. The highest BCUT2D eigenvalue weighted by Crippen LogP contribution is 2.26. The fraction of sp³-hybridized carbons (Fsp3) is 0.289. The van der Waals surface area contributed by atoms with Crippen LogP contribution in [0.3, 0.4) is 0 Å². The molecule has 0 heterocycles. The zero-order valence-corrected chi connectivity index (χ0v) is 27.2. The minimum atomic E-state index is -0.946. The van der Waals surface area contributed by atoms with Gasteiger partial charge in [0.25, 0.3) is 0 Å². The Kier molecular flexibility index (Phi) is 14.2. The van der Waals surface area contributed by atoms with Gasteiger partial charge in [-0.2, -0.15) is 4.99 Å². The average Bonchev–Trinajstić information content (AvgIpc) is 3.08. The van der Waals surface area contributed by atoms with Crippen molar-refractivity contribution in [3.63, 3.8) is 0 Å². The molecule has 0 radical (unpaired) electrons. The van der Waals surface area contributed by atoms with Gasteiger partial charge in [-0.15, -0.1) is 0 Å². The molecule has 0 aliphatic heterocycles. The van der Waals surface area contributed by atoms with Crippen LogP contribution in [-0.2, 0) is 27.4 Å². The third kappa shape index (κ3) is 12.1. The normalized spacial score (nSPS) is 15.2. The number of aliphatic imine (C=N–C) groups is 1. The van der Waals surface area contributed by atoms with Crippen molar-refractivity contribution < 1.29 is 37.7 Å². The third-order valence-corrected chi connectivity index (χ3v) is 7.90. The number of isocyanates is 1. The standard InChI is InChI=1S/C31H35FN2O5.C7H4FNO/c1-22-8-5-11-24(29(22)30(35)36)21-39-28-15-7-14-27(19-28)38-17-16-34(20-23-9-3-2-4-10-23)31(37)33-26-13-6-12-25(32)18-26;8-6-2-1-3-7(4-6)9-5-10/h2-6,8-13,18,27-28H,7,14-17,19-21H2,1H3,(H,33,37)(H,35,36);1-4H/t27-,28+;/m1./s1. The first-order chi connectivity index (χ1) is 23.7. The number of carbonyl (C=O) groups is 2. The number of aryl methyl sites for hydroxylation is 1. The molecule has 4 aromatic rings. The number of hydrogen-bond acceptors (Lipinski definition) is 6. The molecule has 0 saturated heterocycles. The largest absolute Gasteiger partial charge is 0.478 e. The summed E-state index contributed by atoms with van der Waals surface area (Å²) in [4.78, 5) is 39.3. The van der Waals surface area contributed by atoms with Crippen LogP contribution in [0.1, 0.15) is 52.7 Å². The Hall–Kier alpha value is -5.22. The van der Waals surface area contributed by atoms with Crippen molar-refractivity contribution in [1.82, 2.24) is 4.90 Å². The highest BCUT2D eigenvalue weighted by Gasteiger charge is 2.25. The molecule has 9 nitrogen and oxygen atoms in total. The highest BCUT2D eigenvalue weighted by molar-refractivity contribution is 5.91. The second kappa shape index (κ2) is 18.9. The zero-order valence-electron chi connectivity index (χ0n) is 27.2. The van der Waals surface area contributed by atoms with Gasteiger partial charge < -0.3 is 24.8 Å². The van der Waals surface area contributed by atoms with E-state index >= 15 is 0 Å². The number of anilines is 1. The van der Waals surface area contributed by atoms with E-state index in [9.17, 15) is 28.3 Å². The van der Waals surface area contributed by atoms with Crippen molar-refractivity contribution in [3.8, 4) is 0 Å². The molecule has 1 fully saturated rings. The van der Waals surface area contributed by atoms with Crippen molar-refractivity contribution in [3.05, 3.63) is 131 Å². The van der Waals surface area contributed by atoms with Gasteiger partial charge in [-0.1, -0.05) is 60.7 Å². The van der Waals surface area contributed by atoms with E-state index < -0.39 is 17.6 Å². The predicted octanol–water partition coefficient (Wildman–Crippen LogP) is 8.20. The van der Waals surface area contributed by atoms with Crippen molar-refractivity contribution >= 4 is 29.5 Å². The molecule has 2 atom stereocenters. The van der Waals surface area contributed by atoms with Crippen LogP contribution in [-0.4, -0.2) is 53.4 Å². The number of amides is 2. The highest BCUT2D eigenvalue weighted by atomic mass is 19.1. The smallest absolute Gasteiger partial charge is 0.336 e. The van der Waals surface area contributed by atoms with Gasteiger partial charge in [-0.05, 0) is 79.6 Å². The lowest BCUT2D eigenvalue weighted by molar-refractivity contribution is -0.0524. The number of carbonyl (C=O) groups excluding carboxylic acids is 2. The molecule has 0 aromatic heterocycles. The van der Waals surface area contributed by atoms with Gasteiger partial charge >= 0.3 is 12.0 Å². The summed E-state index contributed by atoms with van der Waals surface area (Å²) >= 11 is 0. The van der Waals surface area contributed by atoms with Gasteiger partial charge in [0, 0.05) is 24.8 Å². The van der Waals surface area contributed by atoms with Crippen LogP contribution in [0.25, 0.3) is 0 Å². The summed E-state index contributed by atoms with van der Waals surface area (Å²) in [6, 6.07) is 26.0. The van der Waals surface area contributed by atoms with E-state index in [1.165, 1.54) is 36.4 Å². The summed E-state index contributed by atoms with van der Waals surface area (Å²) in [5, 5.41) is 12.3. The molecule has 0 spiro atoms. The maximum Gasteiger partial charge on any atom is 0.336 e. The number of nitrogens with one attached hydrogen (secondary N) is 1. The summed E-state index contributed by atoms with van der Waals surface area (Å²) in [5.74, 6) is -1.77. The van der Waals surface area contributed by atoms with Crippen molar-refractivity contribution in [2.24, 2.45) is 4.99 Å². The second-order valence-corrected chi connectivity index (χ2v) is 11.5. The fourth-order valence-electron chi connectivity index (χ4n) is 5.52. The molecule has 2 N–H and O–H groups in total. The van der Waals surface area contributed by atoms with E-state index in [1.54, 1.807) is 36.1 Å². The molecule has 1 aliphatic carbocycles. The topological polar surface area (TPSA) is 118 Å². The van der Waals surface area contributed by atoms with Crippen LogP contribution in [0.4, 0.5) is 25.0 Å². The molecule has 0 unspecified atom stereocenters. The first-order valence-corrected chi connectivity index (χ1v) is 16.0.